The number of hydrogen-bond donors (Lipinski definition) is 1. The van der Waals surface area contributed by atoms with Gasteiger partial charge in [0.15, 0.2) is 5.78 Å². The maximum Gasteiger partial charge on any atom is 0.167 e. The molecule has 1 heterocycles. The maximum atomic E-state index is 12.1. The van der Waals surface area contributed by atoms with Crippen LogP contribution in [0.2, 0.25) is 0 Å². The smallest absolute Gasteiger partial charge is 0.167 e. The Morgan fingerprint density at radius 1 is 1.41 bits per heavy atom. The second-order valence-corrected chi connectivity index (χ2v) is 4.26. The predicted molar refractivity (Wildman–Crippen MR) is 68.9 cm³/mol. The molecular formula is C14H16N2O. The van der Waals surface area contributed by atoms with Gasteiger partial charge in [0.1, 0.15) is 0 Å². The summed E-state index contributed by atoms with van der Waals surface area (Å²) >= 11 is 0. The minimum atomic E-state index is -0.0389. The van der Waals surface area contributed by atoms with Crippen LogP contribution in [0.15, 0.2) is 36.5 Å². The molecule has 3 nitrogen and oxygen atoms in total. The second-order valence-electron chi connectivity index (χ2n) is 4.26. The van der Waals surface area contributed by atoms with Crippen LogP contribution >= 0.6 is 0 Å². The molecule has 0 aliphatic rings. The number of carbonyl (C=O) groups is 1. The largest absolute Gasteiger partial charge is 0.330 e. The van der Waals surface area contributed by atoms with E-state index in [1.54, 1.807) is 6.20 Å². The first-order valence-corrected chi connectivity index (χ1v) is 5.81. The van der Waals surface area contributed by atoms with E-state index in [9.17, 15) is 4.79 Å². The number of benzene rings is 1. The maximum absolute atomic E-state index is 12.1. The van der Waals surface area contributed by atoms with Crippen molar-refractivity contribution in [2.24, 2.45) is 11.7 Å². The predicted octanol–water partition coefficient (Wildman–Crippen LogP) is 2.40. The highest BCUT2D eigenvalue weighted by atomic mass is 16.1. The average molecular weight is 228 g/mol. The number of rotatable bonds is 4. The molecule has 1 aromatic heterocycles. The number of nitrogens with zero attached hydrogens (tertiary/aromatic N) is 1. The molecule has 0 fully saturated rings. The van der Waals surface area contributed by atoms with Crippen LogP contribution < -0.4 is 5.73 Å². The number of Topliss-reactive ketones (excluding diaryl/α,β-unsaturated/α-hetero) is 1. The molecule has 0 bridgehead atoms. The van der Waals surface area contributed by atoms with Gasteiger partial charge in [-0.3, -0.25) is 9.78 Å². The Hall–Kier alpha value is -1.74. The highest BCUT2D eigenvalue weighted by Gasteiger charge is 2.14. The zero-order chi connectivity index (χ0) is 12.3. The van der Waals surface area contributed by atoms with Crippen molar-refractivity contribution in [1.82, 2.24) is 4.98 Å². The summed E-state index contributed by atoms with van der Waals surface area (Å²) in [4.78, 5) is 16.4. The summed E-state index contributed by atoms with van der Waals surface area (Å²) < 4.78 is 0. The molecule has 88 valence electrons. The lowest BCUT2D eigenvalue weighted by Crippen LogP contribution is -2.15. The molecule has 1 unspecified atom stereocenters. The number of carbonyl (C=O) groups excluding carboxylic acids is 1. The topological polar surface area (TPSA) is 56.0 Å². The van der Waals surface area contributed by atoms with Crippen LogP contribution in [0, 0.1) is 5.92 Å². The Balaban J connectivity index is 2.33. The zero-order valence-corrected chi connectivity index (χ0v) is 9.89. The minimum Gasteiger partial charge on any atom is -0.330 e. The third-order valence-electron chi connectivity index (χ3n) is 2.92. The molecule has 0 amide bonds. The number of aromatic nitrogens is 1. The highest BCUT2D eigenvalue weighted by Crippen LogP contribution is 2.16. The summed E-state index contributed by atoms with van der Waals surface area (Å²) in [5.74, 6) is 0.0802. The second kappa shape index (κ2) is 5.06. The van der Waals surface area contributed by atoms with Gasteiger partial charge in [0.2, 0.25) is 0 Å². The fraction of sp³-hybridized carbons (Fsp3) is 0.286. The number of fused-ring (bicyclic) bond motifs is 1. The molecule has 2 N–H and O–H groups in total. The van der Waals surface area contributed by atoms with Crippen molar-refractivity contribution in [2.75, 3.05) is 6.54 Å². The van der Waals surface area contributed by atoms with E-state index >= 15 is 0 Å². The van der Waals surface area contributed by atoms with Gasteiger partial charge in [-0.05, 0) is 25.1 Å². The standard InChI is InChI=1S/C14H16N2O/c1-10(6-7-15)14(17)12-8-11-4-2-3-5-13(11)16-9-12/h2-5,8-10H,6-7,15H2,1H3. The lowest BCUT2D eigenvalue weighted by Gasteiger charge is -2.09. The average Bonchev–Trinajstić information content (AvgIpc) is 2.37. The van der Waals surface area contributed by atoms with Gasteiger partial charge in [-0.2, -0.15) is 0 Å². The first kappa shape index (κ1) is 11.7. The van der Waals surface area contributed by atoms with Crippen molar-refractivity contribution in [3.05, 3.63) is 42.1 Å². The quantitative estimate of drug-likeness (QED) is 0.817. The zero-order valence-electron chi connectivity index (χ0n) is 9.89. The molecule has 17 heavy (non-hydrogen) atoms. The van der Waals surface area contributed by atoms with E-state index in [2.05, 4.69) is 4.98 Å². The van der Waals surface area contributed by atoms with E-state index in [0.717, 1.165) is 10.9 Å². The number of hydrogen-bond acceptors (Lipinski definition) is 3. The van der Waals surface area contributed by atoms with Crippen LogP contribution in [0.25, 0.3) is 10.9 Å². The Morgan fingerprint density at radius 3 is 2.94 bits per heavy atom. The van der Waals surface area contributed by atoms with Crippen LogP contribution in [0.5, 0.6) is 0 Å². The number of ketones is 1. The summed E-state index contributed by atoms with van der Waals surface area (Å²) in [6.07, 6.45) is 2.36. The van der Waals surface area contributed by atoms with E-state index in [4.69, 9.17) is 5.73 Å². The molecule has 3 heteroatoms. The fourth-order valence-corrected chi connectivity index (χ4v) is 1.87. The fourth-order valence-electron chi connectivity index (χ4n) is 1.87. The van der Waals surface area contributed by atoms with Crippen LogP contribution in [0.1, 0.15) is 23.7 Å². The van der Waals surface area contributed by atoms with Gasteiger partial charge in [-0.15, -0.1) is 0 Å². The molecule has 2 rings (SSSR count). The van der Waals surface area contributed by atoms with E-state index in [0.29, 0.717) is 18.5 Å². The molecule has 2 aromatic rings. The lowest BCUT2D eigenvalue weighted by molar-refractivity contribution is 0.0925. The van der Waals surface area contributed by atoms with Crippen molar-refractivity contribution >= 4 is 16.7 Å². The molecular weight excluding hydrogens is 212 g/mol. The van der Waals surface area contributed by atoms with E-state index in [1.807, 2.05) is 37.3 Å². The van der Waals surface area contributed by atoms with Gasteiger partial charge in [0.25, 0.3) is 0 Å². The van der Waals surface area contributed by atoms with Crippen molar-refractivity contribution in [3.63, 3.8) is 0 Å². The minimum absolute atomic E-state index is 0.0389. The van der Waals surface area contributed by atoms with Gasteiger partial charge < -0.3 is 5.73 Å². The normalized spacial score (nSPS) is 12.6. The summed E-state index contributed by atoms with van der Waals surface area (Å²) in [7, 11) is 0. The van der Waals surface area contributed by atoms with Crippen molar-refractivity contribution in [3.8, 4) is 0 Å². The first-order valence-electron chi connectivity index (χ1n) is 5.81. The monoisotopic (exact) mass is 228 g/mol. The molecule has 1 aromatic carbocycles. The highest BCUT2D eigenvalue weighted by molar-refractivity contribution is 6.00. The van der Waals surface area contributed by atoms with Gasteiger partial charge >= 0.3 is 0 Å². The molecule has 0 saturated carbocycles. The van der Waals surface area contributed by atoms with E-state index in [-0.39, 0.29) is 11.7 Å². The Bertz CT molecular complexity index is 536. The Morgan fingerprint density at radius 2 is 2.18 bits per heavy atom. The van der Waals surface area contributed by atoms with Gasteiger partial charge in [-0.1, -0.05) is 25.1 Å². The Kier molecular flexibility index (Phi) is 3.49. The molecule has 0 aliphatic carbocycles. The summed E-state index contributed by atoms with van der Waals surface area (Å²) in [6.45, 7) is 2.44. The lowest BCUT2D eigenvalue weighted by atomic mass is 9.97. The van der Waals surface area contributed by atoms with Crippen LogP contribution in [-0.4, -0.2) is 17.3 Å². The van der Waals surface area contributed by atoms with Crippen LogP contribution in [0.3, 0.4) is 0 Å². The van der Waals surface area contributed by atoms with Crippen molar-refractivity contribution < 1.29 is 4.79 Å². The number of para-hydroxylation sites is 1. The van der Waals surface area contributed by atoms with Gasteiger partial charge in [0, 0.05) is 23.1 Å². The van der Waals surface area contributed by atoms with Crippen LogP contribution in [-0.2, 0) is 0 Å². The summed E-state index contributed by atoms with van der Waals surface area (Å²) in [5.41, 5.74) is 7.05. The molecule has 1 atom stereocenters. The van der Waals surface area contributed by atoms with E-state index in [1.165, 1.54) is 0 Å². The molecule has 0 saturated heterocycles. The Labute approximate surface area is 101 Å². The molecule has 0 spiro atoms. The van der Waals surface area contributed by atoms with Gasteiger partial charge in [-0.25, -0.2) is 0 Å². The summed E-state index contributed by atoms with van der Waals surface area (Å²) in [5, 5.41) is 0.998. The van der Waals surface area contributed by atoms with Crippen molar-refractivity contribution in [1.29, 1.82) is 0 Å². The number of pyridine rings is 1. The number of nitrogens with two attached hydrogens (primary N) is 1. The summed E-state index contributed by atoms with van der Waals surface area (Å²) in [6, 6.07) is 9.69. The third-order valence-corrected chi connectivity index (χ3v) is 2.92. The molecule has 0 radical (unpaired) electrons. The molecule has 0 aliphatic heterocycles. The van der Waals surface area contributed by atoms with Crippen LogP contribution in [0.4, 0.5) is 0 Å². The SMILES string of the molecule is CC(CCN)C(=O)c1cnc2ccccc2c1. The van der Waals surface area contributed by atoms with E-state index < -0.39 is 0 Å². The first-order chi connectivity index (χ1) is 8.22. The van der Waals surface area contributed by atoms with Crippen molar-refractivity contribution in [2.45, 2.75) is 13.3 Å². The van der Waals surface area contributed by atoms with Gasteiger partial charge in [0.05, 0.1) is 5.52 Å². The third kappa shape index (κ3) is 2.50.